The number of nitrogens with zero attached hydrogens (tertiary/aromatic N) is 3. The van der Waals surface area contributed by atoms with E-state index in [9.17, 15) is 18.0 Å². The largest absolute Gasteiger partial charge is 0.490 e. The van der Waals surface area contributed by atoms with Crippen molar-refractivity contribution >= 4 is 16.8 Å². The standard InChI is InChI=1S/C39H43F3N4O3/c1-26(2)49-33-13-7-12-32-35(33)34(37(47)44-38(16-17-38)28-9-4-3-5-10-28)31(36(43-32)27-8-6-11-29(24-27)39(40,41)42)25-45-18-14-30(15-19-45)46-20-22-48-23-21-46/h3-13,24,26,30H,14-23,25H2,1-2H3,(H,44,47). The second-order valence-electron chi connectivity index (χ2n) is 13.8. The van der Waals surface area contributed by atoms with Gasteiger partial charge < -0.3 is 14.8 Å². The summed E-state index contributed by atoms with van der Waals surface area (Å²) in [5.74, 6) is 0.248. The Labute approximate surface area is 285 Å². The van der Waals surface area contributed by atoms with Crippen LogP contribution in [0.1, 0.15) is 66.6 Å². The SMILES string of the molecule is CC(C)Oc1cccc2nc(-c3cccc(C(F)(F)F)c3)c(CN3CCC(N4CCOCC4)CC3)c(C(=O)NC3(c4ccccc4)CC3)c12. The molecular formula is C39H43F3N4O3. The number of alkyl halides is 3. The predicted octanol–water partition coefficient (Wildman–Crippen LogP) is 7.42. The molecule has 0 atom stereocenters. The van der Waals surface area contributed by atoms with Gasteiger partial charge in [0, 0.05) is 36.8 Å². The third-order valence-electron chi connectivity index (χ3n) is 10.1. The van der Waals surface area contributed by atoms with E-state index in [2.05, 4.69) is 15.1 Å². The number of halogens is 3. The van der Waals surface area contributed by atoms with Crippen molar-refractivity contribution in [1.82, 2.24) is 20.1 Å². The summed E-state index contributed by atoms with van der Waals surface area (Å²) in [6.45, 7) is 9.13. The van der Waals surface area contributed by atoms with Crippen molar-refractivity contribution in [2.45, 2.75) is 69.9 Å². The fraction of sp³-hybridized carbons (Fsp3) is 0.436. The lowest BCUT2D eigenvalue weighted by atomic mass is 9.92. The van der Waals surface area contributed by atoms with Crippen molar-refractivity contribution in [3.63, 3.8) is 0 Å². The van der Waals surface area contributed by atoms with Gasteiger partial charge in [-0.1, -0.05) is 48.5 Å². The number of amides is 1. The molecule has 0 unspecified atom stereocenters. The summed E-state index contributed by atoms with van der Waals surface area (Å²) in [5.41, 5.74) is 1.98. The van der Waals surface area contributed by atoms with E-state index < -0.39 is 17.3 Å². The molecule has 7 rings (SSSR count). The monoisotopic (exact) mass is 672 g/mol. The molecular weight excluding hydrogens is 629 g/mol. The number of rotatable bonds is 9. The van der Waals surface area contributed by atoms with Crippen molar-refractivity contribution in [2.75, 3.05) is 39.4 Å². The maximum Gasteiger partial charge on any atom is 0.416 e. The van der Waals surface area contributed by atoms with Crippen molar-refractivity contribution in [3.8, 4) is 17.0 Å². The Morgan fingerprint density at radius 2 is 1.69 bits per heavy atom. The van der Waals surface area contributed by atoms with E-state index in [0.29, 0.717) is 51.6 Å². The van der Waals surface area contributed by atoms with Crippen molar-refractivity contribution in [2.24, 2.45) is 0 Å². The van der Waals surface area contributed by atoms with Crippen molar-refractivity contribution < 1.29 is 27.4 Å². The number of likely N-dealkylation sites (tertiary alicyclic amines) is 1. The Kier molecular flexibility index (Phi) is 9.39. The Morgan fingerprint density at radius 1 is 0.980 bits per heavy atom. The van der Waals surface area contributed by atoms with Crippen LogP contribution in [0.2, 0.25) is 0 Å². The highest BCUT2D eigenvalue weighted by Crippen LogP contribution is 2.46. The molecule has 10 heteroatoms. The third-order valence-corrected chi connectivity index (χ3v) is 10.1. The van der Waals surface area contributed by atoms with Gasteiger partial charge >= 0.3 is 6.18 Å². The fourth-order valence-corrected chi connectivity index (χ4v) is 7.42. The highest BCUT2D eigenvalue weighted by atomic mass is 19.4. The average molecular weight is 673 g/mol. The number of hydrogen-bond donors (Lipinski definition) is 1. The summed E-state index contributed by atoms with van der Waals surface area (Å²) in [6.07, 6.45) is -1.19. The van der Waals surface area contributed by atoms with Crippen LogP contribution in [0.3, 0.4) is 0 Å². The molecule has 3 aliphatic rings. The van der Waals surface area contributed by atoms with Crippen molar-refractivity contribution in [3.05, 3.63) is 95.1 Å². The number of hydrogen-bond acceptors (Lipinski definition) is 6. The van der Waals surface area contributed by atoms with Crippen LogP contribution < -0.4 is 10.1 Å². The molecule has 2 aliphatic heterocycles. The topological polar surface area (TPSA) is 66.9 Å². The fourth-order valence-electron chi connectivity index (χ4n) is 7.42. The van der Waals surface area contributed by atoms with Crippen LogP contribution in [0, 0.1) is 0 Å². The second-order valence-corrected chi connectivity index (χ2v) is 13.8. The molecule has 4 aromatic rings. The van der Waals surface area contributed by atoms with Gasteiger partial charge in [0.05, 0.1) is 52.6 Å². The first-order valence-corrected chi connectivity index (χ1v) is 17.3. The van der Waals surface area contributed by atoms with E-state index in [-0.39, 0.29) is 12.0 Å². The van der Waals surface area contributed by atoms with E-state index in [1.54, 1.807) is 12.1 Å². The average Bonchev–Trinajstić information content (AvgIpc) is 3.89. The number of aromatic nitrogens is 1. The molecule has 7 nitrogen and oxygen atoms in total. The normalized spacial score (nSPS) is 18.9. The predicted molar refractivity (Wildman–Crippen MR) is 183 cm³/mol. The van der Waals surface area contributed by atoms with Gasteiger partial charge in [0.25, 0.3) is 5.91 Å². The number of piperidine rings is 1. The van der Waals surface area contributed by atoms with Gasteiger partial charge in [-0.25, -0.2) is 4.98 Å². The molecule has 0 radical (unpaired) electrons. The molecule has 3 fully saturated rings. The van der Waals surface area contributed by atoms with Gasteiger partial charge in [0.2, 0.25) is 0 Å². The minimum absolute atomic E-state index is 0.175. The number of fused-ring (bicyclic) bond motifs is 1. The minimum Gasteiger partial charge on any atom is -0.490 e. The van der Waals surface area contributed by atoms with Crippen LogP contribution in [-0.2, 0) is 23.0 Å². The smallest absolute Gasteiger partial charge is 0.416 e. The highest BCUT2D eigenvalue weighted by Gasteiger charge is 2.46. The van der Waals surface area contributed by atoms with Gasteiger partial charge in [-0.2, -0.15) is 13.2 Å². The van der Waals surface area contributed by atoms with Gasteiger partial charge in [-0.05, 0) is 82.4 Å². The zero-order valence-electron chi connectivity index (χ0n) is 28.1. The summed E-state index contributed by atoms with van der Waals surface area (Å²) >= 11 is 0. The van der Waals surface area contributed by atoms with E-state index in [0.717, 1.165) is 82.8 Å². The number of morpholine rings is 1. The Morgan fingerprint density at radius 3 is 2.37 bits per heavy atom. The first kappa shape index (κ1) is 33.5. The summed E-state index contributed by atoms with van der Waals surface area (Å²) in [6, 6.07) is 21.1. The summed E-state index contributed by atoms with van der Waals surface area (Å²) < 4.78 is 53.9. The molecule has 1 aromatic heterocycles. The number of pyridine rings is 1. The van der Waals surface area contributed by atoms with E-state index in [1.807, 2.05) is 56.3 Å². The zero-order valence-corrected chi connectivity index (χ0v) is 28.1. The first-order chi connectivity index (χ1) is 23.6. The van der Waals surface area contributed by atoms with E-state index >= 15 is 0 Å². The molecule has 3 heterocycles. The van der Waals surface area contributed by atoms with Crippen LogP contribution in [0.5, 0.6) is 5.75 Å². The molecule has 1 saturated carbocycles. The Bertz CT molecular complexity index is 1800. The lowest BCUT2D eigenvalue weighted by molar-refractivity contribution is -0.137. The van der Waals surface area contributed by atoms with Crippen LogP contribution in [-0.4, -0.2) is 72.2 Å². The number of carbonyl (C=O) groups is 1. The maximum atomic E-state index is 14.8. The molecule has 1 N–H and O–H groups in total. The summed E-state index contributed by atoms with van der Waals surface area (Å²) in [7, 11) is 0. The molecule has 3 aromatic carbocycles. The van der Waals surface area contributed by atoms with Gasteiger partial charge in [0.15, 0.2) is 0 Å². The number of nitrogens with one attached hydrogen (secondary N) is 1. The molecule has 0 spiro atoms. The summed E-state index contributed by atoms with van der Waals surface area (Å²) in [4.78, 5) is 24.7. The number of benzene rings is 3. The van der Waals surface area contributed by atoms with Crippen LogP contribution in [0.15, 0.2) is 72.8 Å². The lowest BCUT2D eigenvalue weighted by Crippen LogP contribution is -2.48. The quantitative estimate of drug-likeness (QED) is 0.200. The molecule has 1 amide bonds. The zero-order chi connectivity index (χ0) is 34.2. The highest BCUT2D eigenvalue weighted by molar-refractivity contribution is 6.11. The Hall–Kier alpha value is -3.99. The third kappa shape index (κ3) is 7.18. The van der Waals surface area contributed by atoms with E-state index in [1.165, 1.54) is 6.07 Å². The maximum absolute atomic E-state index is 14.8. The molecule has 258 valence electrons. The lowest BCUT2D eigenvalue weighted by Gasteiger charge is -2.40. The first-order valence-electron chi connectivity index (χ1n) is 17.3. The Balaban J connectivity index is 1.36. The molecule has 49 heavy (non-hydrogen) atoms. The van der Waals surface area contributed by atoms with Gasteiger partial charge in [-0.15, -0.1) is 0 Å². The van der Waals surface area contributed by atoms with Crippen LogP contribution in [0.4, 0.5) is 13.2 Å². The van der Waals surface area contributed by atoms with Crippen molar-refractivity contribution in [1.29, 1.82) is 0 Å². The van der Waals surface area contributed by atoms with Crippen LogP contribution >= 0.6 is 0 Å². The van der Waals surface area contributed by atoms with E-state index in [4.69, 9.17) is 14.5 Å². The number of carbonyl (C=O) groups excluding carboxylic acids is 1. The van der Waals surface area contributed by atoms with Gasteiger partial charge in [-0.3, -0.25) is 14.6 Å². The molecule has 0 bridgehead atoms. The number of ether oxygens (including phenoxy) is 2. The second kappa shape index (κ2) is 13.7. The minimum atomic E-state index is -4.53. The summed E-state index contributed by atoms with van der Waals surface area (Å²) in [5, 5.41) is 3.95. The van der Waals surface area contributed by atoms with Gasteiger partial charge in [0.1, 0.15) is 5.75 Å². The molecule has 2 saturated heterocycles. The van der Waals surface area contributed by atoms with Crippen LogP contribution in [0.25, 0.3) is 22.2 Å². The molecule has 1 aliphatic carbocycles.